The zero-order valence-corrected chi connectivity index (χ0v) is 24.6. The van der Waals surface area contributed by atoms with E-state index < -0.39 is 17.4 Å². The third-order valence-electron chi connectivity index (χ3n) is 8.58. The van der Waals surface area contributed by atoms with Crippen LogP contribution in [0.25, 0.3) is 33.2 Å². The number of aromatic carboxylic acids is 1. The maximum absolute atomic E-state index is 13.5. The second-order valence-corrected chi connectivity index (χ2v) is 11.8. The first-order chi connectivity index (χ1) is 20.5. The standard InChI is InChI=1S/C33H34N6O4/c1-33(2,32(43)36-22-10-12-25-21(15-22)17-27(31(41)42)38(25)3)37-30(40)20-9-11-23-26(16-20)39(4)29(24-18-34-13-14-35-24)28(23)19-7-5-6-8-19/h9-19H,5-8H2,1-4H3,(H,36,43)(H,37,40)(H,41,42). The second kappa shape index (κ2) is 10.7. The number of benzene rings is 2. The lowest BCUT2D eigenvalue weighted by Gasteiger charge is -2.25. The van der Waals surface area contributed by atoms with Crippen LogP contribution in [0.1, 0.15) is 71.9 Å². The molecule has 6 rings (SSSR count). The highest BCUT2D eigenvalue weighted by atomic mass is 16.4. The number of fused-ring (bicyclic) bond motifs is 2. The second-order valence-electron chi connectivity index (χ2n) is 11.8. The van der Waals surface area contributed by atoms with Crippen molar-refractivity contribution in [1.29, 1.82) is 0 Å². The van der Waals surface area contributed by atoms with Crippen molar-refractivity contribution in [3.63, 3.8) is 0 Å². The van der Waals surface area contributed by atoms with E-state index in [1.807, 2.05) is 25.2 Å². The smallest absolute Gasteiger partial charge is 0.352 e. The lowest BCUT2D eigenvalue weighted by atomic mass is 9.93. The van der Waals surface area contributed by atoms with Crippen molar-refractivity contribution >= 4 is 45.3 Å². The fourth-order valence-corrected chi connectivity index (χ4v) is 6.30. The molecule has 2 aromatic carbocycles. The Bertz CT molecular complexity index is 1900. The molecule has 1 aliphatic rings. The molecule has 10 nitrogen and oxygen atoms in total. The fourth-order valence-electron chi connectivity index (χ4n) is 6.30. The molecule has 0 spiro atoms. The number of aromatic nitrogens is 4. The summed E-state index contributed by atoms with van der Waals surface area (Å²) >= 11 is 0. The Kier molecular flexibility index (Phi) is 7.00. The van der Waals surface area contributed by atoms with Crippen LogP contribution in [0, 0.1) is 0 Å². The summed E-state index contributed by atoms with van der Waals surface area (Å²) in [6.07, 6.45) is 9.77. The Morgan fingerprint density at radius 3 is 2.42 bits per heavy atom. The largest absolute Gasteiger partial charge is 0.477 e. The zero-order valence-electron chi connectivity index (χ0n) is 24.6. The molecule has 10 heteroatoms. The molecule has 3 aromatic heterocycles. The Morgan fingerprint density at radius 2 is 1.72 bits per heavy atom. The number of nitrogens with one attached hydrogen (secondary N) is 2. The first-order valence-electron chi connectivity index (χ1n) is 14.4. The van der Waals surface area contributed by atoms with Crippen LogP contribution in [0.2, 0.25) is 0 Å². The van der Waals surface area contributed by atoms with Crippen molar-refractivity contribution in [2.75, 3.05) is 5.32 Å². The molecular weight excluding hydrogens is 544 g/mol. The van der Waals surface area contributed by atoms with Gasteiger partial charge in [0.1, 0.15) is 16.9 Å². The lowest BCUT2D eigenvalue weighted by Crippen LogP contribution is -2.52. The van der Waals surface area contributed by atoms with Crippen molar-refractivity contribution < 1.29 is 19.5 Å². The average Bonchev–Trinajstić information content (AvgIpc) is 3.70. The Balaban J connectivity index is 1.26. The topological polar surface area (TPSA) is 131 Å². The van der Waals surface area contributed by atoms with E-state index in [1.54, 1.807) is 68.3 Å². The zero-order chi connectivity index (χ0) is 30.5. The van der Waals surface area contributed by atoms with Gasteiger partial charge in [0.25, 0.3) is 5.91 Å². The highest BCUT2D eigenvalue weighted by Gasteiger charge is 2.31. The van der Waals surface area contributed by atoms with Crippen molar-refractivity contribution in [2.45, 2.75) is 51.0 Å². The average molecular weight is 579 g/mol. The number of rotatable bonds is 7. The summed E-state index contributed by atoms with van der Waals surface area (Å²) in [5.41, 5.74) is 4.62. The summed E-state index contributed by atoms with van der Waals surface area (Å²) in [6.45, 7) is 3.30. The maximum Gasteiger partial charge on any atom is 0.352 e. The quantitative estimate of drug-likeness (QED) is 0.229. The molecule has 0 aliphatic heterocycles. The summed E-state index contributed by atoms with van der Waals surface area (Å²) in [7, 11) is 3.68. The van der Waals surface area contributed by atoms with Gasteiger partial charge >= 0.3 is 5.97 Å². The van der Waals surface area contributed by atoms with Crippen LogP contribution in [0.4, 0.5) is 5.69 Å². The minimum absolute atomic E-state index is 0.153. The van der Waals surface area contributed by atoms with Crippen molar-refractivity contribution in [2.24, 2.45) is 14.1 Å². The monoisotopic (exact) mass is 578 g/mol. The number of carbonyl (C=O) groups is 3. The van der Waals surface area contributed by atoms with Gasteiger partial charge in [0.2, 0.25) is 5.91 Å². The summed E-state index contributed by atoms with van der Waals surface area (Å²) in [6, 6.07) is 12.4. The molecule has 1 aliphatic carbocycles. The van der Waals surface area contributed by atoms with Gasteiger partial charge in [-0.3, -0.25) is 19.6 Å². The summed E-state index contributed by atoms with van der Waals surface area (Å²) in [4.78, 5) is 47.2. The van der Waals surface area contributed by atoms with Crippen LogP contribution in [-0.4, -0.2) is 47.5 Å². The fraction of sp³-hybridized carbons (Fsp3) is 0.303. The van der Waals surface area contributed by atoms with E-state index in [9.17, 15) is 19.5 Å². The van der Waals surface area contributed by atoms with Gasteiger partial charge in [-0.05, 0) is 74.6 Å². The van der Waals surface area contributed by atoms with Crippen molar-refractivity contribution in [3.8, 4) is 11.4 Å². The summed E-state index contributed by atoms with van der Waals surface area (Å²) in [5, 5.41) is 17.0. The first kappa shape index (κ1) is 28.1. The summed E-state index contributed by atoms with van der Waals surface area (Å²) in [5.74, 6) is -1.37. The van der Waals surface area contributed by atoms with Crippen LogP contribution in [0.5, 0.6) is 0 Å². The number of carboxylic acids is 1. The number of hydrogen-bond acceptors (Lipinski definition) is 5. The Labute approximate surface area is 248 Å². The number of nitrogens with zero attached hydrogens (tertiary/aromatic N) is 4. The van der Waals surface area contributed by atoms with E-state index in [0.29, 0.717) is 22.6 Å². The number of anilines is 1. The van der Waals surface area contributed by atoms with E-state index in [2.05, 4.69) is 25.2 Å². The predicted molar refractivity (Wildman–Crippen MR) is 165 cm³/mol. The Morgan fingerprint density at radius 1 is 0.953 bits per heavy atom. The number of aryl methyl sites for hydroxylation is 2. The van der Waals surface area contributed by atoms with Crippen LogP contribution in [0.3, 0.4) is 0 Å². The first-order valence-corrected chi connectivity index (χ1v) is 14.4. The molecule has 1 saturated carbocycles. The molecular formula is C33H34N6O4. The molecule has 0 radical (unpaired) electrons. The number of carboxylic acid groups (broad SMARTS) is 1. The molecule has 3 N–H and O–H groups in total. The van der Waals surface area contributed by atoms with Crippen LogP contribution in [-0.2, 0) is 18.9 Å². The van der Waals surface area contributed by atoms with E-state index >= 15 is 0 Å². The molecule has 220 valence electrons. The normalized spacial score (nSPS) is 14.0. The third-order valence-corrected chi connectivity index (χ3v) is 8.58. The van der Waals surface area contributed by atoms with Crippen molar-refractivity contribution in [3.05, 3.63) is 77.9 Å². The van der Waals surface area contributed by atoms with Gasteiger partial charge in [0, 0.05) is 59.5 Å². The van der Waals surface area contributed by atoms with Crippen LogP contribution >= 0.6 is 0 Å². The Hall–Kier alpha value is -4.99. The van der Waals surface area contributed by atoms with E-state index in [4.69, 9.17) is 0 Å². The van der Waals surface area contributed by atoms with Gasteiger partial charge in [0.05, 0.1) is 11.9 Å². The maximum atomic E-state index is 13.5. The van der Waals surface area contributed by atoms with Gasteiger partial charge in [-0.1, -0.05) is 18.9 Å². The van der Waals surface area contributed by atoms with Gasteiger partial charge in [-0.25, -0.2) is 4.79 Å². The highest BCUT2D eigenvalue weighted by molar-refractivity contribution is 6.06. The summed E-state index contributed by atoms with van der Waals surface area (Å²) < 4.78 is 3.68. The molecule has 0 unspecified atom stereocenters. The van der Waals surface area contributed by atoms with Gasteiger partial charge in [0.15, 0.2) is 0 Å². The third kappa shape index (κ3) is 5.03. The molecule has 3 heterocycles. The molecule has 1 fully saturated rings. The molecule has 0 bridgehead atoms. The number of hydrogen-bond donors (Lipinski definition) is 3. The minimum atomic E-state index is -1.24. The predicted octanol–water partition coefficient (Wildman–Crippen LogP) is 5.63. The number of amides is 2. The van der Waals surface area contributed by atoms with Crippen LogP contribution < -0.4 is 10.6 Å². The number of carbonyl (C=O) groups excluding carboxylic acids is 2. The molecule has 2 amide bonds. The van der Waals surface area contributed by atoms with E-state index in [-0.39, 0.29) is 11.6 Å². The van der Waals surface area contributed by atoms with Crippen LogP contribution in [0.15, 0.2) is 61.1 Å². The van der Waals surface area contributed by atoms with Gasteiger partial charge in [-0.2, -0.15) is 0 Å². The molecule has 0 atom stereocenters. The minimum Gasteiger partial charge on any atom is -0.477 e. The molecule has 43 heavy (non-hydrogen) atoms. The molecule has 5 aromatic rings. The van der Waals surface area contributed by atoms with E-state index in [0.717, 1.165) is 40.6 Å². The highest BCUT2D eigenvalue weighted by Crippen LogP contribution is 2.44. The van der Waals surface area contributed by atoms with Gasteiger partial charge in [-0.15, -0.1) is 0 Å². The molecule has 0 saturated heterocycles. The SMILES string of the molecule is Cn1c(C(=O)O)cc2cc(NC(=O)C(C)(C)NC(=O)c3ccc4c(C5CCCC5)c(-c5cnccn5)n(C)c4c3)ccc21. The van der Waals surface area contributed by atoms with E-state index in [1.165, 1.54) is 18.4 Å². The van der Waals surface area contributed by atoms with Gasteiger partial charge < -0.3 is 24.9 Å². The lowest BCUT2D eigenvalue weighted by molar-refractivity contribution is -0.120. The van der Waals surface area contributed by atoms with Crippen molar-refractivity contribution in [1.82, 2.24) is 24.4 Å².